The van der Waals surface area contributed by atoms with E-state index >= 15 is 4.39 Å². The zero-order chi connectivity index (χ0) is 26.5. The summed E-state index contributed by atoms with van der Waals surface area (Å²) in [4.78, 5) is 22.2. The molecule has 12 heteroatoms. The third-order valence-electron chi connectivity index (χ3n) is 5.45. The summed E-state index contributed by atoms with van der Waals surface area (Å²) >= 11 is 9.65. The van der Waals surface area contributed by atoms with E-state index in [4.69, 9.17) is 31.0 Å². The maximum atomic E-state index is 15.9. The Kier molecular flexibility index (Phi) is 8.49. The number of halogens is 3. The zero-order valence-electron chi connectivity index (χ0n) is 19.8. The number of amides is 1. The molecule has 0 spiro atoms. The van der Waals surface area contributed by atoms with Crippen molar-refractivity contribution < 1.29 is 28.6 Å². The number of carbonyl (C=O) groups is 1. The molecule has 0 aliphatic rings. The van der Waals surface area contributed by atoms with Crippen molar-refractivity contribution in [2.24, 2.45) is 0 Å². The smallest absolute Gasteiger partial charge is 0.277 e. The first-order chi connectivity index (χ1) is 17.9. The number of fused-ring (bicyclic) bond motifs is 1. The van der Waals surface area contributed by atoms with Gasteiger partial charge >= 0.3 is 0 Å². The third kappa shape index (κ3) is 5.80. The lowest BCUT2D eigenvalue weighted by atomic mass is 10.1. The van der Waals surface area contributed by atoms with Crippen LogP contribution in [0.1, 0.15) is 15.9 Å². The summed E-state index contributed by atoms with van der Waals surface area (Å²) in [5.41, 5.74) is 3.73. The Morgan fingerprint density at radius 1 is 1.16 bits per heavy atom. The highest BCUT2D eigenvalue weighted by atomic mass is 79.9. The number of hydrogen-bond donors (Lipinski definition) is 3. The Morgan fingerprint density at radius 2 is 1.95 bits per heavy atom. The Bertz CT molecular complexity index is 1450. The van der Waals surface area contributed by atoms with Gasteiger partial charge in [-0.15, -0.1) is 0 Å². The number of nitrogens with zero attached hydrogens (tertiary/aromatic N) is 2. The van der Waals surface area contributed by atoms with Crippen LogP contribution in [0.4, 0.5) is 15.8 Å². The zero-order valence-corrected chi connectivity index (χ0v) is 22.2. The van der Waals surface area contributed by atoms with Crippen LogP contribution in [0.2, 0.25) is 5.02 Å². The van der Waals surface area contributed by atoms with E-state index in [9.17, 15) is 4.79 Å². The first kappa shape index (κ1) is 26.7. The van der Waals surface area contributed by atoms with Gasteiger partial charge in [-0.2, -0.15) is 0 Å². The molecule has 194 valence electrons. The fourth-order valence-corrected chi connectivity index (χ4v) is 4.42. The van der Waals surface area contributed by atoms with E-state index < -0.39 is 11.7 Å². The molecule has 3 aromatic carbocycles. The predicted molar refractivity (Wildman–Crippen MR) is 141 cm³/mol. The van der Waals surface area contributed by atoms with Crippen LogP contribution in [0.15, 0.2) is 53.3 Å². The minimum Gasteiger partial charge on any atom is -0.493 e. The number of imidazole rings is 1. The number of aromatic nitrogens is 2. The molecule has 0 aliphatic carbocycles. The summed E-state index contributed by atoms with van der Waals surface area (Å²) in [7, 11) is 3.09. The van der Waals surface area contributed by atoms with E-state index in [2.05, 4.69) is 31.7 Å². The van der Waals surface area contributed by atoms with Crippen LogP contribution in [0.3, 0.4) is 0 Å². The van der Waals surface area contributed by atoms with E-state index in [0.29, 0.717) is 34.3 Å². The maximum Gasteiger partial charge on any atom is 0.277 e. The van der Waals surface area contributed by atoms with E-state index in [1.54, 1.807) is 43.1 Å². The normalized spacial score (nSPS) is 11.0. The second kappa shape index (κ2) is 11.8. The number of nitrogens with one attached hydrogen (secondary N) is 2. The number of hydroxylamine groups is 1. The molecule has 0 radical (unpaired) electrons. The topological polar surface area (TPSA) is 107 Å². The second-order valence-electron chi connectivity index (χ2n) is 7.80. The lowest BCUT2D eigenvalue weighted by molar-refractivity contribution is 0.0169. The van der Waals surface area contributed by atoms with Crippen LogP contribution in [0.5, 0.6) is 11.5 Å². The van der Waals surface area contributed by atoms with Crippen LogP contribution >= 0.6 is 27.5 Å². The lowest BCUT2D eigenvalue weighted by Gasteiger charge is -2.16. The first-order valence-electron chi connectivity index (χ1n) is 11.0. The number of rotatable bonds is 10. The van der Waals surface area contributed by atoms with Crippen LogP contribution < -0.4 is 20.3 Å². The van der Waals surface area contributed by atoms with Gasteiger partial charge in [-0.3, -0.25) is 9.63 Å². The van der Waals surface area contributed by atoms with Crippen molar-refractivity contribution >= 4 is 55.8 Å². The van der Waals surface area contributed by atoms with E-state index in [1.165, 1.54) is 12.4 Å². The molecule has 4 rings (SSSR count). The van der Waals surface area contributed by atoms with E-state index in [1.807, 2.05) is 12.1 Å². The molecular weight excluding hydrogens is 571 g/mol. The number of hydrogen-bond acceptors (Lipinski definition) is 7. The summed E-state index contributed by atoms with van der Waals surface area (Å²) in [5, 5.41) is 12.2. The molecule has 0 saturated carbocycles. The Hall–Kier alpha value is -3.38. The third-order valence-corrected chi connectivity index (χ3v) is 6.26. The summed E-state index contributed by atoms with van der Waals surface area (Å²) in [6, 6.07) is 12.0. The van der Waals surface area contributed by atoms with Gasteiger partial charge in [-0.05, 0) is 42.0 Å². The molecule has 0 aliphatic heterocycles. The molecule has 3 N–H and O–H groups in total. The number of anilines is 2. The van der Waals surface area contributed by atoms with Crippen molar-refractivity contribution in [1.82, 2.24) is 15.0 Å². The number of benzene rings is 3. The maximum absolute atomic E-state index is 15.9. The number of ether oxygens (including phenoxy) is 2. The number of carbonyl (C=O) groups excluding carboxylic acids is 1. The van der Waals surface area contributed by atoms with Crippen molar-refractivity contribution in [2.75, 3.05) is 32.8 Å². The van der Waals surface area contributed by atoms with Gasteiger partial charge in [0.15, 0.2) is 17.3 Å². The Labute approximate surface area is 225 Å². The van der Waals surface area contributed by atoms with Crippen LogP contribution in [-0.4, -0.2) is 48.0 Å². The van der Waals surface area contributed by atoms with Crippen molar-refractivity contribution in [2.45, 2.75) is 6.54 Å². The lowest BCUT2D eigenvalue weighted by Crippen LogP contribution is -2.26. The van der Waals surface area contributed by atoms with Gasteiger partial charge in [0, 0.05) is 11.0 Å². The summed E-state index contributed by atoms with van der Waals surface area (Å²) in [6.45, 7) is -0.107. The molecule has 37 heavy (non-hydrogen) atoms. The summed E-state index contributed by atoms with van der Waals surface area (Å²) in [5.74, 6) is -0.329. The summed E-state index contributed by atoms with van der Waals surface area (Å²) in [6.07, 6.45) is 1.49. The standard InChI is InChI=1S/C25H23BrClFN4O5/c1-35-20-6-3-14(9-21(20)36-2)12-32-13-29-24-19(32)11-16(25(34)31-37-8-7-33)23(22(24)28)30-18-5-4-15(26)10-17(18)27/h3-6,9-11,13,30,33H,7-8,12H2,1-2H3,(H,31,34). The molecule has 0 unspecified atom stereocenters. The largest absolute Gasteiger partial charge is 0.493 e. The molecule has 4 aromatic rings. The minimum absolute atomic E-state index is 0.0454. The second-order valence-corrected chi connectivity index (χ2v) is 9.12. The van der Waals surface area contributed by atoms with Gasteiger partial charge in [0.1, 0.15) is 5.52 Å². The van der Waals surface area contributed by atoms with Gasteiger partial charge in [0.05, 0.1) is 61.2 Å². The van der Waals surface area contributed by atoms with Crippen LogP contribution in [0, 0.1) is 5.82 Å². The molecule has 0 saturated heterocycles. The fraction of sp³-hybridized carbons (Fsp3) is 0.200. The molecule has 0 bridgehead atoms. The fourth-order valence-electron chi connectivity index (χ4n) is 3.70. The number of methoxy groups -OCH3 is 2. The van der Waals surface area contributed by atoms with Gasteiger partial charge in [0.25, 0.3) is 5.91 Å². The quantitative estimate of drug-likeness (QED) is 0.174. The highest BCUT2D eigenvalue weighted by molar-refractivity contribution is 9.10. The van der Waals surface area contributed by atoms with Crippen molar-refractivity contribution in [3.05, 3.63) is 75.2 Å². The van der Waals surface area contributed by atoms with Gasteiger partial charge in [-0.1, -0.05) is 33.6 Å². The Morgan fingerprint density at radius 3 is 2.65 bits per heavy atom. The SMILES string of the molecule is COc1ccc(Cn2cnc3c(F)c(Nc4ccc(Br)cc4Cl)c(C(=O)NOCCO)cc32)cc1OC. The number of aliphatic hydroxyl groups is 1. The molecular formula is C25H23BrClFN4O5. The van der Waals surface area contributed by atoms with Crippen molar-refractivity contribution in [3.8, 4) is 11.5 Å². The van der Waals surface area contributed by atoms with E-state index in [0.717, 1.165) is 10.0 Å². The van der Waals surface area contributed by atoms with Crippen LogP contribution in [0.25, 0.3) is 11.0 Å². The average molecular weight is 594 g/mol. The van der Waals surface area contributed by atoms with Crippen molar-refractivity contribution in [3.63, 3.8) is 0 Å². The predicted octanol–water partition coefficient (Wildman–Crippen LogP) is 5.05. The molecule has 0 fully saturated rings. The van der Waals surface area contributed by atoms with Gasteiger partial charge < -0.3 is 24.5 Å². The first-order valence-corrected chi connectivity index (χ1v) is 12.2. The van der Waals surface area contributed by atoms with E-state index in [-0.39, 0.29) is 30.0 Å². The highest BCUT2D eigenvalue weighted by Crippen LogP contribution is 2.35. The highest BCUT2D eigenvalue weighted by Gasteiger charge is 2.23. The Balaban J connectivity index is 1.78. The molecule has 1 aromatic heterocycles. The molecule has 1 amide bonds. The minimum atomic E-state index is -0.741. The van der Waals surface area contributed by atoms with Gasteiger partial charge in [0.2, 0.25) is 0 Å². The van der Waals surface area contributed by atoms with Crippen LogP contribution in [-0.2, 0) is 11.4 Å². The average Bonchev–Trinajstić information content (AvgIpc) is 3.29. The summed E-state index contributed by atoms with van der Waals surface area (Å²) < 4.78 is 29.0. The molecule has 1 heterocycles. The molecule has 9 nitrogen and oxygen atoms in total. The van der Waals surface area contributed by atoms with Gasteiger partial charge in [-0.25, -0.2) is 14.9 Å². The number of aliphatic hydroxyl groups excluding tert-OH is 1. The molecule has 0 atom stereocenters. The van der Waals surface area contributed by atoms with Crippen molar-refractivity contribution in [1.29, 1.82) is 0 Å². The monoisotopic (exact) mass is 592 g/mol.